The smallest absolute Gasteiger partial charge is 0.287 e. The van der Waals surface area contributed by atoms with E-state index in [-0.39, 0.29) is 35.5 Å². The fourth-order valence-corrected chi connectivity index (χ4v) is 1.68. The third-order valence-corrected chi connectivity index (χ3v) is 2.65. The number of pyridine rings is 1. The number of amides is 1. The van der Waals surface area contributed by atoms with Gasteiger partial charge in [0.15, 0.2) is 5.76 Å². The van der Waals surface area contributed by atoms with Gasteiger partial charge in [0, 0.05) is 17.8 Å². The van der Waals surface area contributed by atoms with E-state index in [0.29, 0.717) is 5.56 Å². The second kappa shape index (κ2) is 5.45. The predicted octanol–water partition coefficient (Wildman–Crippen LogP) is 0.948. The molecule has 0 aliphatic carbocycles. The highest BCUT2D eigenvalue weighted by Crippen LogP contribution is 2.12. The SMILES string of the molecule is O=C(NCc1nc(-c2cc[nH]c(=O)c2)no1)c1ccco1. The number of hydrogen-bond acceptors (Lipinski definition) is 6. The van der Waals surface area contributed by atoms with Crippen LogP contribution in [-0.4, -0.2) is 21.0 Å². The van der Waals surface area contributed by atoms with Gasteiger partial charge in [0.05, 0.1) is 12.8 Å². The van der Waals surface area contributed by atoms with Crippen molar-refractivity contribution in [3.05, 3.63) is 58.7 Å². The summed E-state index contributed by atoms with van der Waals surface area (Å²) in [6, 6.07) is 6.17. The molecule has 3 rings (SSSR count). The van der Waals surface area contributed by atoms with Gasteiger partial charge in [-0.3, -0.25) is 9.59 Å². The average molecular weight is 286 g/mol. The van der Waals surface area contributed by atoms with Crippen LogP contribution in [0.5, 0.6) is 0 Å². The van der Waals surface area contributed by atoms with Crippen LogP contribution >= 0.6 is 0 Å². The average Bonchev–Trinajstić information content (AvgIpc) is 3.16. The lowest BCUT2D eigenvalue weighted by Gasteiger charge is -1.97. The van der Waals surface area contributed by atoms with Crippen molar-refractivity contribution in [2.75, 3.05) is 0 Å². The number of carbonyl (C=O) groups is 1. The lowest BCUT2D eigenvalue weighted by molar-refractivity contribution is 0.0918. The Bertz CT molecular complexity index is 803. The van der Waals surface area contributed by atoms with Crippen molar-refractivity contribution in [1.29, 1.82) is 0 Å². The number of nitrogens with one attached hydrogen (secondary N) is 2. The van der Waals surface area contributed by atoms with Crippen molar-refractivity contribution in [3.8, 4) is 11.4 Å². The van der Waals surface area contributed by atoms with Crippen LogP contribution in [0.4, 0.5) is 0 Å². The van der Waals surface area contributed by atoms with Crippen LogP contribution in [0.15, 0.2) is 50.5 Å². The molecule has 0 bridgehead atoms. The molecule has 0 aromatic carbocycles. The first-order chi connectivity index (χ1) is 10.2. The van der Waals surface area contributed by atoms with Crippen LogP contribution in [-0.2, 0) is 6.54 Å². The van der Waals surface area contributed by atoms with E-state index in [0.717, 1.165) is 0 Å². The van der Waals surface area contributed by atoms with Crippen molar-refractivity contribution in [2.24, 2.45) is 0 Å². The molecule has 3 aromatic rings. The maximum atomic E-state index is 11.7. The molecule has 0 aliphatic rings. The molecule has 3 heterocycles. The summed E-state index contributed by atoms with van der Waals surface area (Å²) in [5, 5.41) is 6.34. The summed E-state index contributed by atoms with van der Waals surface area (Å²) in [7, 11) is 0. The zero-order chi connectivity index (χ0) is 14.7. The molecule has 106 valence electrons. The molecule has 0 unspecified atom stereocenters. The number of aromatic amines is 1. The molecule has 21 heavy (non-hydrogen) atoms. The second-order valence-electron chi connectivity index (χ2n) is 4.11. The zero-order valence-corrected chi connectivity index (χ0v) is 10.7. The molecule has 8 heteroatoms. The lowest BCUT2D eigenvalue weighted by Crippen LogP contribution is -2.22. The number of carbonyl (C=O) groups excluding carboxylic acids is 1. The third-order valence-electron chi connectivity index (χ3n) is 2.65. The topological polar surface area (TPSA) is 114 Å². The van der Waals surface area contributed by atoms with E-state index in [4.69, 9.17) is 8.94 Å². The van der Waals surface area contributed by atoms with Gasteiger partial charge in [-0.15, -0.1) is 0 Å². The Balaban J connectivity index is 1.68. The van der Waals surface area contributed by atoms with Crippen molar-refractivity contribution in [2.45, 2.75) is 6.54 Å². The molecule has 3 aromatic heterocycles. The van der Waals surface area contributed by atoms with E-state index in [1.807, 2.05) is 0 Å². The third kappa shape index (κ3) is 2.89. The van der Waals surface area contributed by atoms with Gasteiger partial charge in [-0.2, -0.15) is 4.98 Å². The van der Waals surface area contributed by atoms with Crippen molar-refractivity contribution >= 4 is 5.91 Å². The Morgan fingerprint density at radius 2 is 2.29 bits per heavy atom. The minimum Gasteiger partial charge on any atom is -0.459 e. The molecule has 0 saturated heterocycles. The number of nitrogens with zero attached hydrogens (tertiary/aromatic N) is 2. The highest BCUT2D eigenvalue weighted by molar-refractivity contribution is 5.91. The second-order valence-corrected chi connectivity index (χ2v) is 4.11. The summed E-state index contributed by atoms with van der Waals surface area (Å²) in [6.45, 7) is 0.0652. The lowest BCUT2D eigenvalue weighted by atomic mass is 10.2. The van der Waals surface area contributed by atoms with Gasteiger partial charge in [-0.1, -0.05) is 5.16 Å². The summed E-state index contributed by atoms with van der Waals surface area (Å²) in [5.74, 6) is 0.328. The van der Waals surface area contributed by atoms with Gasteiger partial charge in [-0.05, 0) is 18.2 Å². The Labute approximate surface area is 117 Å². The summed E-state index contributed by atoms with van der Waals surface area (Å²) >= 11 is 0. The molecule has 2 N–H and O–H groups in total. The molecule has 0 spiro atoms. The quantitative estimate of drug-likeness (QED) is 0.738. The van der Waals surface area contributed by atoms with Crippen molar-refractivity contribution in [1.82, 2.24) is 20.4 Å². The molecule has 1 amide bonds. The summed E-state index contributed by atoms with van der Waals surface area (Å²) in [4.78, 5) is 29.5. The molecular weight excluding hydrogens is 276 g/mol. The number of H-pyrrole nitrogens is 1. The Morgan fingerprint density at radius 1 is 1.38 bits per heavy atom. The van der Waals surface area contributed by atoms with Crippen molar-refractivity contribution in [3.63, 3.8) is 0 Å². The number of rotatable bonds is 4. The van der Waals surface area contributed by atoms with Gasteiger partial charge in [0.2, 0.25) is 17.3 Å². The predicted molar refractivity (Wildman–Crippen MR) is 70.2 cm³/mol. The van der Waals surface area contributed by atoms with E-state index >= 15 is 0 Å². The molecule has 0 saturated carbocycles. The molecule has 0 radical (unpaired) electrons. The van der Waals surface area contributed by atoms with Gasteiger partial charge in [0.25, 0.3) is 5.91 Å². The van der Waals surface area contributed by atoms with Gasteiger partial charge < -0.3 is 19.2 Å². The molecular formula is C13H10N4O4. The molecule has 0 fully saturated rings. The zero-order valence-electron chi connectivity index (χ0n) is 10.7. The summed E-state index contributed by atoms with van der Waals surface area (Å²) < 4.78 is 9.96. The van der Waals surface area contributed by atoms with Crippen LogP contribution in [0.25, 0.3) is 11.4 Å². The first kappa shape index (κ1) is 12.9. The Morgan fingerprint density at radius 3 is 3.05 bits per heavy atom. The largest absolute Gasteiger partial charge is 0.459 e. The van der Waals surface area contributed by atoms with Crippen LogP contribution < -0.4 is 10.9 Å². The fourth-order valence-electron chi connectivity index (χ4n) is 1.68. The van der Waals surface area contributed by atoms with Gasteiger partial charge in [0.1, 0.15) is 0 Å². The van der Waals surface area contributed by atoms with E-state index in [2.05, 4.69) is 20.4 Å². The Hall–Kier alpha value is -3.16. The number of aromatic nitrogens is 3. The van der Waals surface area contributed by atoms with E-state index < -0.39 is 0 Å². The summed E-state index contributed by atoms with van der Waals surface area (Å²) in [6.07, 6.45) is 2.90. The highest BCUT2D eigenvalue weighted by Gasteiger charge is 2.12. The highest BCUT2D eigenvalue weighted by atomic mass is 16.5. The van der Waals surface area contributed by atoms with Crippen LogP contribution in [0.1, 0.15) is 16.4 Å². The van der Waals surface area contributed by atoms with E-state index in [1.165, 1.54) is 18.5 Å². The van der Waals surface area contributed by atoms with E-state index in [1.54, 1.807) is 18.2 Å². The monoisotopic (exact) mass is 286 g/mol. The van der Waals surface area contributed by atoms with Crippen LogP contribution in [0.3, 0.4) is 0 Å². The minimum atomic E-state index is -0.379. The van der Waals surface area contributed by atoms with Crippen LogP contribution in [0, 0.1) is 0 Å². The normalized spacial score (nSPS) is 10.5. The van der Waals surface area contributed by atoms with Gasteiger partial charge >= 0.3 is 0 Å². The maximum Gasteiger partial charge on any atom is 0.287 e. The van der Waals surface area contributed by atoms with Gasteiger partial charge in [-0.25, -0.2) is 0 Å². The minimum absolute atomic E-state index is 0.0652. The first-order valence-electron chi connectivity index (χ1n) is 6.06. The van der Waals surface area contributed by atoms with Crippen molar-refractivity contribution < 1.29 is 13.7 Å². The molecule has 0 atom stereocenters. The summed E-state index contributed by atoms with van der Waals surface area (Å²) in [5.41, 5.74) is 0.274. The van der Waals surface area contributed by atoms with Crippen LogP contribution in [0.2, 0.25) is 0 Å². The maximum absolute atomic E-state index is 11.7. The van der Waals surface area contributed by atoms with E-state index in [9.17, 15) is 9.59 Å². The molecule has 0 aliphatic heterocycles. The number of furan rings is 1. The standard InChI is InChI=1S/C13H10N4O4/c18-10-6-8(3-4-14-10)12-16-11(21-17-12)7-15-13(19)9-2-1-5-20-9/h1-6H,7H2,(H,14,18)(H,15,19). The first-order valence-corrected chi connectivity index (χ1v) is 6.06. The number of hydrogen-bond donors (Lipinski definition) is 2. The fraction of sp³-hybridized carbons (Fsp3) is 0.0769. The molecule has 8 nitrogen and oxygen atoms in total. The Kier molecular flexibility index (Phi) is 3.34.